The molecule has 29 heavy (non-hydrogen) atoms. The van der Waals surface area contributed by atoms with E-state index in [2.05, 4.69) is 15.6 Å². The summed E-state index contributed by atoms with van der Waals surface area (Å²) in [6.45, 7) is 1.33. The molecule has 2 aromatic carbocycles. The lowest BCUT2D eigenvalue weighted by Crippen LogP contribution is -2.19. The van der Waals surface area contributed by atoms with Gasteiger partial charge in [0, 0.05) is 25.2 Å². The predicted molar refractivity (Wildman–Crippen MR) is 101 cm³/mol. The van der Waals surface area contributed by atoms with Crippen LogP contribution >= 0.6 is 0 Å². The van der Waals surface area contributed by atoms with Crippen molar-refractivity contribution in [3.8, 4) is 6.07 Å². The maximum atomic E-state index is 11.7. The Kier molecular flexibility index (Phi) is 4.40. The second kappa shape index (κ2) is 7.04. The number of nitrogens with one attached hydrogen (secondary N) is 1. The van der Waals surface area contributed by atoms with Crippen molar-refractivity contribution >= 4 is 39.5 Å². The Morgan fingerprint density at radius 2 is 1.79 bits per heavy atom. The summed E-state index contributed by atoms with van der Waals surface area (Å²) in [6.07, 6.45) is 1.83. The zero-order valence-electron chi connectivity index (χ0n) is 14.9. The molecule has 146 valence electrons. The summed E-state index contributed by atoms with van der Waals surface area (Å²) in [6, 6.07) is 7.28. The van der Waals surface area contributed by atoms with Gasteiger partial charge in [-0.05, 0) is 35.3 Å². The maximum Gasteiger partial charge on any atom is 0.323 e. The summed E-state index contributed by atoms with van der Waals surface area (Å²) in [5.74, 6) is 0. The molecule has 0 atom stereocenters. The van der Waals surface area contributed by atoms with Crippen LogP contribution in [0.15, 0.2) is 28.9 Å². The molecular formula is C17H13N7O5. The molecule has 1 saturated heterocycles. The van der Waals surface area contributed by atoms with Crippen LogP contribution in [-0.4, -0.2) is 33.2 Å². The zero-order valence-corrected chi connectivity index (χ0v) is 14.9. The van der Waals surface area contributed by atoms with Crippen molar-refractivity contribution in [3.63, 3.8) is 0 Å². The minimum atomic E-state index is -0.596. The summed E-state index contributed by atoms with van der Waals surface area (Å²) in [5, 5.41) is 42.5. The molecule has 3 aromatic rings. The predicted octanol–water partition coefficient (Wildman–Crippen LogP) is 3.25. The lowest BCUT2D eigenvalue weighted by molar-refractivity contribution is -0.384. The first kappa shape index (κ1) is 18.1. The van der Waals surface area contributed by atoms with E-state index < -0.39 is 9.85 Å². The van der Waals surface area contributed by atoms with Gasteiger partial charge in [0.25, 0.3) is 5.69 Å². The van der Waals surface area contributed by atoms with Gasteiger partial charge in [-0.15, -0.1) is 0 Å². The Balaban J connectivity index is 1.86. The van der Waals surface area contributed by atoms with Crippen molar-refractivity contribution in [2.24, 2.45) is 0 Å². The normalized spacial score (nSPS) is 13.4. The molecule has 0 amide bonds. The smallest absolute Gasteiger partial charge is 0.323 e. The average Bonchev–Trinajstić information content (AvgIpc) is 3.39. The van der Waals surface area contributed by atoms with Crippen molar-refractivity contribution in [2.75, 3.05) is 23.3 Å². The van der Waals surface area contributed by atoms with E-state index in [-0.39, 0.29) is 28.0 Å². The van der Waals surface area contributed by atoms with Crippen molar-refractivity contribution < 1.29 is 14.5 Å². The molecule has 1 aromatic heterocycles. The Labute approximate surface area is 162 Å². The topological polar surface area (TPSA) is 164 Å². The van der Waals surface area contributed by atoms with Gasteiger partial charge in [0.05, 0.1) is 26.8 Å². The van der Waals surface area contributed by atoms with Gasteiger partial charge in [-0.1, -0.05) is 0 Å². The summed E-state index contributed by atoms with van der Waals surface area (Å²) in [5.41, 5.74) is 0.759. The van der Waals surface area contributed by atoms with Crippen molar-refractivity contribution in [3.05, 3.63) is 50.1 Å². The first-order valence-electron chi connectivity index (χ1n) is 8.63. The van der Waals surface area contributed by atoms with E-state index in [9.17, 15) is 25.5 Å². The van der Waals surface area contributed by atoms with Crippen LogP contribution in [-0.2, 0) is 0 Å². The van der Waals surface area contributed by atoms with Crippen LogP contribution in [0.2, 0.25) is 0 Å². The fourth-order valence-electron chi connectivity index (χ4n) is 3.38. The molecule has 1 aliphatic rings. The number of anilines is 3. The van der Waals surface area contributed by atoms with Gasteiger partial charge in [-0.25, -0.2) is 4.63 Å². The highest BCUT2D eigenvalue weighted by Gasteiger charge is 2.30. The van der Waals surface area contributed by atoms with Gasteiger partial charge >= 0.3 is 5.69 Å². The molecule has 0 saturated carbocycles. The first-order valence-corrected chi connectivity index (χ1v) is 8.63. The van der Waals surface area contributed by atoms with Crippen LogP contribution in [0, 0.1) is 31.6 Å². The van der Waals surface area contributed by atoms with Gasteiger partial charge < -0.3 is 10.2 Å². The Morgan fingerprint density at radius 1 is 1.07 bits per heavy atom. The number of nitro groups is 2. The van der Waals surface area contributed by atoms with E-state index in [0.29, 0.717) is 30.2 Å². The molecular weight excluding hydrogens is 382 g/mol. The van der Waals surface area contributed by atoms with E-state index in [1.807, 2.05) is 11.0 Å². The number of rotatable bonds is 5. The van der Waals surface area contributed by atoms with Crippen molar-refractivity contribution in [1.82, 2.24) is 10.3 Å². The van der Waals surface area contributed by atoms with Gasteiger partial charge in [0.2, 0.25) is 5.52 Å². The molecule has 1 N–H and O–H groups in total. The lowest BCUT2D eigenvalue weighted by atomic mass is 10.1. The molecule has 2 heterocycles. The largest absolute Gasteiger partial charge is 0.366 e. The van der Waals surface area contributed by atoms with Crippen LogP contribution in [0.25, 0.3) is 11.0 Å². The number of nitro benzene ring substituents is 2. The summed E-state index contributed by atoms with van der Waals surface area (Å²) >= 11 is 0. The number of hydrogen-bond donors (Lipinski definition) is 1. The van der Waals surface area contributed by atoms with Gasteiger partial charge in [-0.3, -0.25) is 20.2 Å². The first-order chi connectivity index (χ1) is 14.0. The third-order valence-corrected chi connectivity index (χ3v) is 4.72. The number of nitrogens with zero attached hydrogens (tertiary/aromatic N) is 6. The van der Waals surface area contributed by atoms with Crippen LogP contribution in [0.3, 0.4) is 0 Å². The monoisotopic (exact) mass is 395 g/mol. The Hall–Kier alpha value is -4.27. The van der Waals surface area contributed by atoms with Crippen LogP contribution in [0.4, 0.5) is 28.4 Å². The van der Waals surface area contributed by atoms with Crippen molar-refractivity contribution in [2.45, 2.75) is 12.8 Å². The van der Waals surface area contributed by atoms with Gasteiger partial charge in [0.1, 0.15) is 11.8 Å². The fraction of sp³-hybridized carbons (Fsp3) is 0.235. The third-order valence-electron chi connectivity index (χ3n) is 4.72. The number of benzene rings is 2. The number of non-ortho nitro benzene ring substituents is 1. The highest BCUT2D eigenvalue weighted by atomic mass is 16.6. The van der Waals surface area contributed by atoms with Crippen LogP contribution < -0.4 is 10.2 Å². The number of nitriles is 1. The van der Waals surface area contributed by atoms with E-state index in [1.54, 1.807) is 6.07 Å². The highest BCUT2D eigenvalue weighted by Crippen LogP contribution is 2.41. The molecule has 1 fully saturated rings. The lowest BCUT2D eigenvalue weighted by Gasteiger charge is -2.19. The quantitative estimate of drug-likeness (QED) is 0.500. The van der Waals surface area contributed by atoms with Gasteiger partial charge in [0.15, 0.2) is 5.52 Å². The minimum absolute atomic E-state index is 0.0117. The molecule has 0 radical (unpaired) electrons. The molecule has 4 rings (SSSR count). The second-order valence-electron chi connectivity index (χ2n) is 6.43. The second-order valence-corrected chi connectivity index (χ2v) is 6.43. The highest BCUT2D eigenvalue weighted by molar-refractivity contribution is 6.01. The number of fused-ring (bicyclic) bond motifs is 1. The van der Waals surface area contributed by atoms with E-state index in [1.165, 1.54) is 12.1 Å². The summed E-state index contributed by atoms with van der Waals surface area (Å²) in [7, 11) is 0. The maximum absolute atomic E-state index is 11.7. The molecule has 0 spiro atoms. The number of aromatic nitrogens is 2. The molecule has 0 aliphatic carbocycles. The molecule has 0 unspecified atom stereocenters. The molecule has 12 nitrogen and oxygen atoms in total. The third kappa shape index (κ3) is 3.14. The summed E-state index contributed by atoms with van der Waals surface area (Å²) in [4.78, 5) is 23.4. The van der Waals surface area contributed by atoms with E-state index >= 15 is 0 Å². The molecule has 0 bridgehead atoms. The zero-order chi connectivity index (χ0) is 20.5. The molecule has 1 aliphatic heterocycles. The molecule has 12 heteroatoms. The van der Waals surface area contributed by atoms with Gasteiger partial charge in [-0.2, -0.15) is 5.26 Å². The van der Waals surface area contributed by atoms with Crippen molar-refractivity contribution in [1.29, 1.82) is 5.26 Å². The SMILES string of the molecule is N#Cc1cc([N+](=O)[O-])ccc1Nc1cc(N2CCCC2)c([N+](=O)[O-])c2nonc12. The van der Waals surface area contributed by atoms with Crippen LogP contribution in [0.5, 0.6) is 0 Å². The average molecular weight is 395 g/mol. The Morgan fingerprint density at radius 3 is 2.45 bits per heavy atom. The van der Waals surface area contributed by atoms with E-state index in [0.717, 1.165) is 18.9 Å². The van der Waals surface area contributed by atoms with E-state index in [4.69, 9.17) is 4.63 Å². The summed E-state index contributed by atoms with van der Waals surface area (Å²) < 4.78 is 4.74. The fourth-order valence-corrected chi connectivity index (χ4v) is 3.38. The standard InChI is InChI=1S/C17H13N7O5/c18-9-10-7-11(23(25)26)3-4-12(10)19-13-8-14(22-5-1-2-6-22)17(24(27)28)16-15(13)20-29-21-16/h3-4,7-8,19H,1-2,5-6H2. The Bertz CT molecular complexity index is 1180. The van der Waals surface area contributed by atoms with Crippen LogP contribution in [0.1, 0.15) is 18.4 Å². The minimum Gasteiger partial charge on any atom is -0.366 e. The number of hydrogen-bond acceptors (Lipinski definition) is 10.